The number of aromatic amines is 1. The minimum atomic E-state index is -0.539. The number of carbonyl (C=O) groups is 2. The van der Waals surface area contributed by atoms with E-state index in [1.807, 2.05) is 18.2 Å². The van der Waals surface area contributed by atoms with Crippen molar-refractivity contribution < 1.29 is 19.1 Å². The second-order valence-corrected chi connectivity index (χ2v) is 7.06. The Morgan fingerprint density at radius 3 is 2.69 bits per heavy atom. The molecule has 7 nitrogen and oxygen atoms in total. The Labute approximate surface area is 168 Å². The van der Waals surface area contributed by atoms with Gasteiger partial charge in [0.25, 0.3) is 0 Å². The highest BCUT2D eigenvalue weighted by molar-refractivity contribution is 6.11. The first-order valence-electron chi connectivity index (χ1n) is 9.46. The van der Waals surface area contributed by atoms with Gasteiger partial charge in [-0.3, -0.25) is 9.69 Å². The maximum Gasteiger partial charge on any atom is 0.356 e. The highest BCUT2D eigenvalue weighted by Crippen LogP contribution is 2.31. The van der Waals surface area contributed by atoms with Crippen LogP contribution in [0.2, 0.25) is 0 Å². The molecule has 150 valence electrons. The van der Waals surface area contributed by atoms with Crippen LogP contribution in [-0.4, -0.2) is 49.1 Å². The topological polar surface area (TPSA) is 83.7 Å². The molecule has 0 bridgehead atoms. The number of fused-ring (bicyclic) bond motifs is 2. The van der Waals surface area contributed by atoms with Crippen molar-refractivity contribution in [2.24, 2.45) is 0 Å². The predicted octanol–water partition coefficient (Wildman–Crippen LogP) is 2.96. The Balaban J connectivity index is 1.55. The number of amides is 1. The number of aromatic nitrogens is 1. The SMILES string of the molecule is COC(=O)c1[nH]c2cc(OC)ccc2c1NC(=O)CN1CCc2ccccc2C1. The molecular weight excluding hydrogens is 370 g/mol. The van der Waals surface area contributed by atoms with E-state index >= 15 is 0 Å². The molecular formula is C22H23N3O4. The van der Waals surface area contributed by atoms with E-state index in [0.29, 0.717) is 17.0 Å². The van der Waals surface area contributed by atoms with Crippen LogP contribution in [0.1, 0.15) is 21.6 Å². The van der Waals surface area contributed by atoms with Crippen molar-refractivity contribution in [1.82, 2.24) is 9.88 Å². The molecule has 29 heavy (non-hydrogen) atoms. The van der Waals surface area contributed by atoms with E-state index < -0.39 is 5.97 Å². The van der Waals surface area contributed by atoms with Gasteiger partial charge in [0.15, 0.2) is 0 Å². The summed E-state index contributed by atoms with van der Waals surface area (Å²) in [7, 11) is 2.88. The number of H-pyrrole nitrogens is 1. The lowest BCUT2D eigenvalue weighted by atomic mass is 10.00. The molecule has 1 aliphatic rings. The molecule has 0 atom stereocenters. The smallest absolute Gasteiger partial charge is 0.356 e. The summed E-state index contributed by atoms with van der Waals surface area (Å²) in [5.74, 6) is -0.0614. The van der Waals surface area contributed by atoms with Gasteiger partial charge >= 0.3 is 5.97 Å². The number of anilines is 1. The summed E-state index contributed by atoms with van der Waals surface area (Å²) in [5, 5.41) is 3.63. The van der Waals surface area contributed by atoms with Crippen LogP contribution in [0.25, 0.3) is 10.9 Å². The second kappa shape index (κ2) is 7.97. The molecule has 0 radical (unpaired) electrons. The van der Waals surface area contributed by atoms with Gasteiger partial charge in [0.1, 0.15) is 11.4 Å². The quantitative estimate of drug-likeness (QED) is 0.651. The first-order valence-corrected chi connectivity index (χ1v) is 9.46. The van der Waals surface area contributed by atoms with Crippen molar-refractivity contribution in [2.75, 3.05) is 32.6 Å². The zero-order chi connectivity index (χ0) is 20.4. The molecule has 2 heterocycles. The lowest BCUT2D eigenvalue weighted by Gasteiger charge is -2.28. The van der Waals surface area contributed by atoms with Gasteiger partial charge in [-0.1, -0.05) is 24.3 Å². The summed E-state index contributed by atoms with van der Waals surface area (Å²) in [4.78, 5) is 30.1. The number of hydrogen-bond donors (Lipinski definition) is 2. The van der Waals surface area contributed by atoms with Crippen molar-refractivity contribution in [3.63, 3.8) is 0 Å². The van der Waals surface area contributed by atoms with Gasteiger partial charge in [-0.25, -0.2) is 4.79 Å². The van der Waals surface area contributed by atoms with E-state index in [2.05, 4.69) is 27.3 Å². The fourth-order valence-electron chi connectivity index (χ4n) is 3.76. The molecule has 2 aromatic carbocycles. The van der Waals surface area contributed by atoms with Gasteiger partial charge in [-0.2, -0.15) is 0 Å². The van der Waals surface area contributed by atoms with E-state index in [1.165, 1.54) is 18.2 Å². The van der Waals surface area contributed by atoms with Crippen LogP contribution in [0.3, 0.4) is 0 Å². The number of nitrogens with one attached hydrogen (secondary N) is 2. The number of rotatable bonds is 5. The summed E-state index contributed by atoms with van der Waals surface area (Å²) in [6, 6.07) is 13.7. The van der Waals surface area contributed by atoms with Crippen molar-refractivity contribution in [3.05, 3.63) is 59.3 Å². The number of ether oxygens (including phenoxy) is 2. The van der Waals surface area contributed by atoms with Crippen LogP contribution >= 0.6 is 0 Å². The van der Waals surface area contributed by atoms with E-state index in [4.69, 9.17) is 9.47 Å². The lowest BCUT2D eigenvalue weighted by Crippen LogP contribution is -2.37. The highest BCUT2D eigenvalue weighted by Gasteiger charge is 2.23. The van der Waals surface area contributed by atoms with Crippen LogP contribution in [0.5, 0.6) is 5.75 Å². The van der Waals surface area contributed by atoms with Crippen molar-refractivity contribution in [1.29, 1.82) is 0 Å². The summed E-state index contributed by atoms with van der Waals surface area (Å²) >= 11 is 0. The normalized spacial score (nSPS) is 13.7. The fraction of sp³-hybridized carbons (Fsp3) is 0.273. The van der Waals surface area contributed by atoms with Crippen LogP contribution in [0.4, 0.5) is 5.69 Å². The van der Waals surface area contributed by atoms with Gasteiger partial charge < -0.3 is 19.8 Å². The van der Waals surface area contributed by atoms with Gasteiger partial charge in [-0.15, -0.1) is 0 Å². The lowest BCUT2D eigenvalue weighted by molar-refractivity contribution is -0.117. The minimum absolute atomic E-state index is 0.175. The molecule has 1 amide bonds. The van der Waals surface area contributed by atoms with Crippen molar-refractivity contribution >= 4 is 28.5 Å². The van der Waals surface area contributed by atoms with Crippen LogP contribution < -0.4 is 10.1 Å². The number of nitrogens with zero attached hydrogens (tertiary/aromatic N) is 1. The maximum atomic E-state index is 12.8. The van der Waals surface area contributed by atoms with E-state index in [1.54, 1.807) is 19.2 Å². The first kappa shape index (κ1) is 19.0. The molecule has 1 aliphatic heterocycles. The zero-order valence-corrected chi connectivity index (χ0v) is 16.5. The molecule has 2 N–H and O–H groups in total. The van der Waals surface area contributed by atoms with Crippen molar-refractivity contribution in [3.8, 4) is 5.75 Å². The monoisotopic (exact) mass is 393 g/mol. The van der Waals surface area contributed by atoms with E-state index in [9.17, 15) is 9.59 Å². The fourth-order valence-corrected chi connectivity index (χ4v) is 3.76. The molecule has 0 spiro atoms. The first-order chi connectivity index (χ1) is 14.1. The van der Waals surface area contributed by atoms with Gasteiger partial charge in [-0.05, 0) is 29.7 Å². The Morgan fingerprint density at radius 1 is 1.14 bits per heavy atom. The van der Waals surface area contributed by atoms with Gasteiger partial charge in [0.2, 0.25) is 5.91 Å². The molecule has 7 heteroatoms. The molecule has 0 aliphatic carbocycles. The van der Waals surface area contributed by atoms with Crippen LogP contribution in [0.15, 0.2) is 42.5 Å². The van der Waals surface area contributed by atoms with E-state index in [0.717, 1.165) is 24.9 Å². The standard InChI is InChI=1S/C22H23N3O4/c1-28-16-7-8-17-18(11-16)23-21(22(27)29-2)20(17)24-19(26)13-25-10-9-14-5-3-4-6-15(14)12-25/h3-8,11,23H,9-10,12-13H2,1-2H3,(H,24,26). The van der Waals surface area contributed by atoms with Crippen LogP contribution in [0, 0.1) is 0 Å². The number of carbonyl (C=O) groups excluding carboxylic acids is 2. The average Bonchev–Trinajstić information content (AvgIpc) is 3.10. The number of hydrogen-bond acceptors (Lipinski definition) is 5. The molecule has 0 saturated heterocycles. The summed E-state index contributed by atoms with van der Waals surface area (Å²) < 4.78 is 10.1. The molecule has 1 aromatic heterocycles. The molecule has 3 aromatic rings. The van der Waals surface area contributed by atoms with Gasteiger partial charge in [0.05, 0.1) is 32.0 Å². The summed E-state index contributed by atoms with van der Waals surface area (Å²) in [5.41, 5.74) is 3.92. The summed E-state index contributed by atoms with van der Waals surface area (Å²) in [6.45, 7) is 1.80. The summed E-state index contributed by atoms with van der Waals surface area (Å²) in [6.07, 6.45) is 0.920. The van der Waals surface area contributed by atoms with E-state index in [-0.39, 0.29) is 18.1 Å². The Morgan fingerprint density at radius 2 is 1.93 bits per heavy atom. The largest absolute Gasteiger partial charge is 0.497 e. The number of esters is 1. The Kier molecular flexibility index (Phi) is 5.22. The van der Waals surface area contributed by atoms with Crippen molar-refractivity contribution in [2.45, 2.75) is 13.0 Å². The second-order valence-electron chi connectivity index (χ2n) is 7.06. The molecule has 0 saturated carbocycles. The number of methoxy groups -OCH3 is 2. The van der Waals surface area contributed by atoms with Gasteiger partial charge in [0, 0.05) is 24.5 Å². The third-order valence-corrected chi connectivity index (χ3v) is 5.24. The molecule has 0 unspecified atom stereocenters. The molecule has 4 rings (SSSR count). The highest BCUT2D eigenvalue weighted by atomic mass is 16.5. The maximum absolute atomic E-state index is 12.8. The zero-order valence-electron chi connectivity index (χ0n) is 16.5. The third-order valence-electron chi connectivity index (χ3n) is 5.24. The van der Waals surface area contributed by atoms with Crippen LogP contribution in [-0.2, 0) is 22.5 Å². The third kappa shape index (κ3) is 3.82. The molecule has 0 fully saturated rings. The minimum Gasteiger partial charge on any atom is -0.497 e. The average molecular weight is 393 g/mol. The Bertz CT molecular complexity index is 1070. The Hall–Kier alpha value is -3.32. The predicted molar refractivity (Wildman–Crippen MR) is 110 cm³/mol. The number of benzene rings is 2.